The zero-order valence-electron chi connectivity index (χ0n) is 9.72. The van der Waals surface area contributed by atoms with E-state index >= 15 is 0 Å². The van der Waals surface area contributed by atoms with Crippen LogP contribution in [0.4, 0.5) is 13.2 Å². The van der Waals surface area contributed by atoms with Crippen LogP contribution < -0.4 is 5.56 Å². The van der Waals surface area contributed by atoms with E-state index in [1.807, 2.05) is 0 Å². The van der Waals surface area contributed by atoms with Gasteiger partial charge < -0.3 is 9.72 Å². The lowest BCUT2D eigenvalue weighted by atomic mass is 10.2. The Balaban J connectivity index is 2.31. The fourth-order valence-electron chi connectivity index (χ4n) is 1.55. The van der Waals surface area contributed by atoms with E-state index in [0.29, 0.717) is 0 Å². The van der Waals surface area contributed by atoms with E-state index in [1.54, 1.807) is 0 Å². The van der Waals surface area contributed by atoms with Crippen molar-refractivity contribution in [2.24, 2.45) is 0 Å². The molecule has 0 saturated heterocycles. The third-order valence-electron chi connectivity index (χ3n) is 2.28. The van der Waals surface area contributed by atoms with Gasteiger partial charge in [-0.25, -0.2) is 4.98 Å². The smallest absolute Gasteiger partial charge is 0.364 e. The van der Waals surface area contributed by atoms with Crippen LogP contribution in [0.5, 0.6) is 0 Å². The fraction of sp³-hybridized carbons (Fsp3) is 0.273. The molecule has 1 aromatic carbocycles. The molecule has 108 valence electrons. The summed E-state index contributed by atoms with van der Waals surface area (Å²) in [5, 5.41) is 0.550. The van der Waals surface area contributed by atoms with Crippen molar-refractivity contribution in [1.82, 2.24) is 9.97 Å². The van der Waals surface area contributed by atoms with Crippen LogP contribution in [0.25, 0.3) is 10.9 Å². The summed E-state index contributed by atoms with van der Waals surface area (Å²) in [4.78, 5) is 18.0. The van der Waals surface area contributed by atoms with E-state index in [4.69, 9.17) is 23.2 Å². The number of hydrogen-bond donors (Lipinski definition) is 1. The number of fused-ring (bicyclic) bond motifs is 1. The summed E-state index contributed by atoms with van der Waals surface area (Å²) in [6.45, 7) is -1.91. The Hall–Kier alpha value is -1.31. The molecule has 4 nitrogen and oxygen atoms in total. The molecule has 0 aliphatic carbocycles. The minimum absolute atomic E-state index is 0.0454. The number of H-pyrrole nitrogens is 1. The monoisotopic (exact) mass is 326 g/mol. The molecule has 2 aromatic rings. The Labute approximate surface area is 120 Å². The minimum Gasteiger partial charge on any atom is -0.364 e. The Bertz CT molecular complexity index is 700. The highest BCUT2D eigenvalue weighted by Crippen LogP contribution is 2.24. The number of rotatable bonds is 3. The zero-order valence-corrected chi connectivity index (χ0v) is 11.2. The maximum atomic E-state index is 11.9. The maximum absolute atomic E-state index is 11.9. The second kappa shape index (κ2) is 5.59. The van der Waals surface area contributed by atoms with Gasteiger partial charge in [0.25, 0.3) is 5.56 Å². The Morgan fingerprint density at radius 3 is 2.65 bits per heavy atom. The van der Waals surface area contributed by atoms with Crippen LogP contribution >= 0.6 is 23.2 Å². The molecule has 0 atom stereocenters. The largest absolute Gasteiger partial charge is 0.411 e. The molecular weight excluding hydrogens is 320 g/mol. The van der Waals surface area contributed by atoms with Crippen molar-refractivity contribution in [2.45, 2.75) is 12.8 Å². The summed E-state index contributed by atoms with van der Waals surface area (Å²) in [5.74, 6) is -0.0454. The highest BCUT2D eigenvalue weighted by molar-refractivity contribution is 6.38. The van der Waals surface area contributed by atoms with Crippen LogP contribution in [-0.2, 0) is 11.3 Å². The highest BCUT2D eigenvalue weighted by Gasteiger charge is 2.27. The highest BCUT2D eigenvalue weighted by atomic mass is 35.5. The first kappa shape index (κ1) is 15.1. The van der Waals surface area contributed by atoms with E-state index in [-0.39, 0.29) is 26.8 Å². The third kappa shape index (κ3) is 3.62. The first-order valence-corrected chi connectivity index (χ1v) is 6.04. The molecule has 1 heterocycles. The normalized spacial score (nSPS) is 12.1. The molecule has 20 heavy (non-hydrogen) atoms. The standard InChI is InChI=1S/C11H7Cl2F3N2O2/c12-5-1-6-9(7(13)2-5)17-8(18-10(6)19)3-20-4-11(14,15)16/h1-2H,3-4H2,(H,17,18,19). The second-order valence-electron chi connectivity index (χ2n) is 3.90. The van der Waals surface area contributed by atoms with E-state index in [1.165, 1.54) is 12.1 Å². The van der Waals surface area contributed by atoms with Gasteiger partial charge in [0.1, 0.15) is 19.0 Å². The summed E-state index contributed by atoms with van der Waals surface area (Å²) in [6, 6.07) is 2.76. The number of benzene rings is 1. The zero-order chi connectivity index (χ0) is 14.9. The molecule has 1 aromatic heterocycles. The van der Waals surface area contributed by atoms with Crippen molar-refractivity contribution < 1.29 is 17.9 Å². The van der Waals surface area contributed by atoms with E-state index in [2.05, 4.69) is 14.7 Å². The average molecular weight is 327 g/mol. The van der Waals surface area contributed by atoms with Gasteiger partial charge in [-0.15, -0.1) is 0 Å². The molecule has 0 spiro atoms. The van der Waals surface area contributed by atoms with Crippen molar-refractivity contribution in [3.8, 4) is 0 Å². The fourth-order valence-corrected chi connectivity index (χ4v) is 2.08. The SMILES string of the molecule is O=c1[nH]c(COCC(F)(F)F)nc2c(Cl)cc(Cl)cc12. The predicted octanol–water partition coefficient (Wildman–Crippen LogP) is 3.31. The first-order valence-electron chi connectivity index (χ1n) is 5.29. The first-order chi connectivity index (χ1) is 9.26. The van der Waals surface area contributed by atoms with Crippen LogP contribution in [0.15, 0.2) is 16.9 Å². The lowest BCUT2D eigenvalue weighted by Crippen LogP contribution is -2.19. The van der Waals surface area contributed by atoms with Crippen LogP contribution in [-0.4, -0.2) is 22.8 Å². The maximum Gasteiger partial charge on any atom is 0.411 e. The number of nitrogens with zero attached hydrogens (tertiary/aromatic N) is 1. The van der Waals surface area contributed by atoms with Crippen molar-refractivity contribution in [1.29, 1.82) is 0 Å². The van der Waals surface area contributed by atoms with Crippen LogP contribution in [0.1, 0.15) is 5.82 Å². The number of halogens is 5. The third-order valence-corrected chi connectivity index (χ3v) is 2.79. The molecule has 2 rings (SSSR count). The average Bonchev–Trinajstić information content (AvgIpc) is 2.29. The number of ether oxygens (including phenoxy) is 1. The minimum atomic E-state index is -4.44. The second-order valence-corrected chi connectivity index (χ2v) is 4.75. The molecule has 0 aliphatic rings. The van der Waals surface area contributed by atoms with Gasteiger partial charge in [-0.3, -0.25) is 4.79 Å². The van der Waals surface area contributed by atoms with E-state index in [9.17, 15) is 18.0 Å². The van der Waals surface area contributed by atoms with E-state index in [0.717, 1.165) is 0 Å². The summed E-state index contributed by atoms with van der Waals surface area (Å²) < 4.78 is 40.3. The molecule has 0 bridgehead atoms. The molecule has 0 amide bonds. The van der Waals surface area contributed by atoms with Crippen LogP contribution in [0.3, 0.4) is 0 Å². The van der Waals surface area contributed by atoms with Crippen LogP contribution in [0.2, 0.25) is 10.0 Å². The number of alkyl halides is 3. The molecule has 0 aliphatic heterocycles. The number of hydrogen-bond acceptors (Lipinski definition) is 3. The van der Waals surface area contributed by atoms with Crippen molar-refractivity contribution in [3.05, 3.63) is 38.4 Å². The molecular formula is C11H7Cl2F3N2O2. The van der Waals surface area contributed by atoms with Gasteiger partial charge >= 0.3 is 6.18 Å². The van der Waals surface area contributed by atoms with Gasteiger partial charge in [0.2, 0.25) is 0 Å². The summed E-state index contributed by atoms with van der Waals surface area (Å²) in [6.07, 6.45) is -4.44. The molecule has 0 saturated carbocycles. The summed E-state index contributed by atoms with van der Waals surface area (Å²) in [5.41, 5.74) is -0.393. The van der Waals surface area contributed by atoms with Gasteiger partial charge in [0.15, 0.2) is 0 Å². The number of nitrogens with one attached hydrogen (secondary N) is 1. The van der Waals surface area contributed by atoms with Gasteiger partial charge in [-0.1, -0.05) is 23.2 Å². The summed E-state index contributed by atoms with van der Waals surface area (Å²) >= 11 is 11.6. The number of aromatic amines is 1. The lowest BCUT2D eigenvalue weighted by molar-refractivity contribution is -0.177. The van der Waals surface area contributed by atoms with Gasteiger partial charge in [0, 0.05) is 5.02 Å². The van der Waals surface area contributed by atoms with Crippen molar-refractivity contribution in [3.63, 3.8) is 0 Å². The van der Waals surface area contributed by atoms with E-state index < -0.39 is 24.9 Å². The Morgan fingerprint density at radius 2 is 2.00 bits per heavy atom. The van der Waals surface area contributed by atoms with Gasteiger partial charge in [0.05, 0.1) is 15.9 Å². The molecule has 9 heteroatoms. The lowest BCUT2D eigenvalue weighted by Gasteiger charge is -2.08. The number of aromatic nitrogens is 2. The van der Waals surface area contributed by atoms with Gasteiger partial charge in [-0.05, 0) is 12.1 Å². The molecule has 0 radical (unpaired) electrons. The molecule has 0 fully saturated rings. The van der Waals surface area contributed by atoms with Crippen molar-refractivity contribution >= 4 is 34.1 Å². The summed E-state index contributed by atoms with van der Waals surface area (Å²) in [7, 11) is 0. The Morgan fingerprint density at radius 1 is 1.30 bits per heavy atom. The Kier molecular flexibility index (Phi) is 4.22. The molecule has 1 N–H and O–H groups in total. The van der Waals surface area contributed by atoms with Crippen molar-refractivity contribution in [2.75, 3.05) is 6.61 Å². The quantitative estimate of drug-likeness (QED) is 0.941. The van der Waals surface area contributed by atoms with Crippen LogP contribution in [0, 0.1) is 0 Å². The van der Waals surface area contributed by atoms with Gasteiger partial charge in [-0.2, -0.15) is 13.2 Å². The molecule has 0 unspecified atom stereocenters. The predicted molar refractivity (Wildman–Crippen MR) is 68.1 cm³/mol. The topological polar surface area (TPSA) is 55.0 Å².